The van der Waals surface area contributed by atoms with Gasteiger partial charge in [-0.2, -0.15) is 0 Å². The van der Waals surface area contributed by atoms with Crippen LogP contribution < -0.4 is 9.47 Å². The lowest BCUT2D eigenvalue weighted by Crippen LogP contribution is -2.18. The Labute approximate surface area is 133 Å². The van der Waals surface area contributed by atoms with E-state index >= 15 is 0 Å². The van der Waals surface area contributed by atoms with Crippen LogP contribution in [0.2, 0.25) is 0 Å². The molecule has 0 N–H and O–H groups in total. The number of carbonyl (C=O) groups excluding carboxylic acids is 1. The number of benzene rings is 2. The minimum atomic E-state index is -0.467. The van der Waals surface area contributed by atoms with E-state index < -0.39 is 5.97 Å². The summed E-state index contributed by atoms with van der Waals surface area (Å²) in [4.78, 5) is 16.1. The Morgan fingerprint density at radius 1 is 1.13 bits per heavy atom. The number of hydrogen-bond acceptors (Lipinski definition) is 5. The Morgan fingerprint density at radius 3 is 2.78 bits per heavy atom. The molecule has 5 heteroatoms. The molecule has 0 unspecified atom stereocenters. The molecular formula is C18H17NO4. The lowest BCUT2D eigenvalue weighted by atomic mass is 10.1. The third-order valence-corrected chi connectivity index (χ3v) is 3.39. The summed E-state index contributed by atoms with van der Waals surface area (Å²) in [6.45, 7) is 5.52. The molecule has 1 aromatic heterocycles. The SMILES string of the molecule is Cc1ccc(C)c(OCC(=O)Oc2ccc3oc(C)nc3c2)c1. The van der Waals surface area contributed by atoms with Crippen molar-refractivity contribution in [3.8, 4) is 11.5 Å². The molecule has 118 valence electrons. The predicted octanol–water partition coefficient (Wildman–Crippen LogP) is 3.74. The van der Waals surface area contributed by atoms with E-state index in [2.05, 4.69) is 4.98 Å². The molecule has 0 aliphatic rings. The summed E-state index contributed by atoms with van der Waals surface area (Å²) in [5, 5.41) is 0. The largest absolute Gasteiger partial charge is 0.482 e. The molecule has 0 aliphatic heterocycles. The van der Waals surface area contributed by atoms with Crippen molar-refractivity contribution in [1.82, 2.24) is 4.98 Å². The lowest BCUT2D eigenvalue weighted by Gasteiger charge is -2.09. The van der Waals surface area contributed by atoms with Crippen LogP contribution in [0.3, 0.4) is 0 Å². The van der Waals surface area contributed by atoms with Gasteiger partial charge in [-0.25, -0.2) is 9.78 Å². The van der Waals surface area contributed by atoms with Crippen molar-refractivity contribution in [3.05, 3.63) is 53.4 Å². The molecule has 1 heterocycles. The molecule has 0 bridgehead atoms. The highest BCUT2D eigenvalue weighted by Gasteiger charge is 2.10. The van der Waals surface area contributed by atoms with Crippen LogP contribution in [-0.4, -0.2) is 17.6 Å². The van der Waals surface area contributed by atoms with Crippen LogP contribution in [0.5, 0.6) is 11.5 Å². The first-order chi connectivity index (χ1) is 11.0. The second kappa shape index (κ2) is 6.12. The quantitative estimate of drug-likeness (QED) is 0.542. The van der Waals surface area contributed by atoms with Gasteiger partial charge >= 0.3 is 5.97 Å². The molecule has 0 saturated heterocycles. The molecule has 3 rings (SSSR count). The fraction of sp³-hybridized carbons (Fsp3) is 0.222. The Bertz CT molecular complexity index is 867. The van der Waals surface area contributed by atoms with E-state index in [0.717, 1.165) is 11.1 Å². The first-order valence-electron chi connectivity index (χ1n) is 7.29. The van der Waals surface area contributed by atoms with Crippen molar-refractivity contribution >= 4 is 17.1 Å². The standard InChI is InChI=1S/C18H17NO4/c1-11-4-5-12(2)17(8-11)21-10-18(20)23-14-6-7-16-15(9-14)19-13(3)22-16/h4-9H,10H2,1-3H3. The Kier molecular flexibility index (Phi) is 4.02. The molecule has 3 aromatic rings. The number of fused-ring (bicyclic) bond motifs is 1. The minimum absolute atomic E-state index is 0.153. The van der Waals surface area contributed by atoms with Crippen LogP contribution in [0.1, 0.15) is 17.0 Å². The Hall–Kier alpha value is -2.82. The molecule has 0 amide bonds. The van der Waals surface area contributed by atoms with Gasteiger partial charge in [0.25, 0.3) is 0 Å². The van der Waals surface area contributed by atoms with E-state index in [1.54, 1.807) is 25.1 Å². The fourth-order valence-electron chi connectivity index (χ4n) is 2.25. The van der Waals surface area contributed by atoms with Gasteiger partial charge in [-0.3, -0.25) is 0 Å². The van der Waals surface area contributed by atoms with Crippen LogP contribution in [0.25, 0.3) is 11.1 Å². The van der Waals surface area contributed by atoms with Gasteiger partial charge in [0.1, 0.15) is 17.0 Å². The fourth-order valence-corrected chi connectivity index (χ4v) is 2.25. The van der Waals surface area contributed by atoms with Crippen LogP contribution in [0, 0.1) is 20.8 Å². The number of carbonyl (C=O) groups is 1. The molecule has 0 aliphatic carbocycles. The van der Waals surface area contributed by atoms with Gasteiger partial charge in [-0.05, 0) is 43.2 Å². The molecule has 0 saturated carbocycles. The van der Waals surface area contributed by atoms with Crippen LogP contribution >= 0.6 is 0 Å². The highest BCUT2D eigenvalue weighted by molar-refractivity contribution is 5.78. The molecule has 5 nitrogen and oxygen atoms in total. The van der Waals surface area contributed by atoms with E-state index in [4.69, 9.17) is 13.9 Å². The maximum Gasteiger partial charge on any atom is 0.349 e. The molecule has 23 heavy (non-hydrogen) atoms. The van der Waals surface area contributed by atoms with Gasteiger partial charge in [0, 0.05) is 13.0 Å². The predicted molar refractivity (Wildman–Crippen MR) is 85.8 cm³/mol. The third kappa shape index (κ3) is 3.51. The van der Waals surface area contributed by atoms with E-state index in [9.17, 15) is 4.79 Å². The summed E-state index contributed by atoms with van der Waals surface area (Å²) in [6.07, 6.45) is 0. The lowest BCUT2D eigenvalue weighted by molar-refractivity contribution is -0.136. The first kappa shape index (κ1) is 15.1. The smallest absolute Gasteiger partial charge is 0.349 e. The Balaban J connectivity index is 1.65. The van der Waals surface area contributed by atoms with Crippen LogP contribution in [-0.2, 0) is 4.79 Å². The van der Waals surface area contributed by atoms with Gasteiger partial charge in [-0.1, -0.05) is 12.1 Å². The van der Waals surface area contributed by atoms with Crippen molar-refractivity contribution in [2.45, 2.75) is 20.8 Å². The normalized spacial score (nSPS) is 10.7. The molecule has 0 spiro atoms. The first-order valence-corrected chi connectivity index (χ1v) is 7.29. The number of hydrogen-bond donors (Lipinski definition) is 0. The zero-order chi connectivity index (χ0) is 16.4. The second-order valence-corrected chi connectivity index (χ2v) is 5.39. The topological polar surface area (TPSA) is 61.6 Å². The van der Waals surface area contributed by atoms with Gasteiger partial charge in [0.05, 0.1) is 0 Å². The van der Waals surface area contributed by atoms with Gasteiger partial charge < -0.3 is 13.9 Å². The van der Waals surface area contributed by atoms with Gasteiger partial charge in [-0.15, -0.1) is 0 Å². The van der Waals surface area contributed by atoms with Crippen molar-refractivity contribution in [3.63, 3.8) is 0 Å². The van der Waals surface area contributed by atoms with Crippen LogP contribution in [0.4, 0.5) is 0 Å². The molecule has 2 aromatic carbocycles. The summed E-state index contributed by atoms with van der Waals surface area (Å²) >= 11 is 0. The third-order valence-electron chi connectivity index (χ3n) is 3.39. The van der Waals surface area contributed by atoms with Crippen molar-refractivity contribution in [1.29, 1.82) is 0 Å². The average Bonchev–Trinajstić information content (AvgIpc) is 2.87. The molecule has 0 radical (unpaired) electrons. The summed E-state index contributed by atoms with van der Waals surface area (Å²) in [7, 11) is 0. The zero-order valence-electron chi connectivity index (χ0n) is 13.3. The highest BCUT2D eigenvalue weighted by atomic mass is 16.6. The number of rotatable bonds is 4. The van der Waals surface area contributed by atoms with Crippen molar-refractivity contribution in [2.75, 3.05) is 6.61 Å². The van der Waals surface area contributed by atoms with Crippen molar-refractivity contribution in [2.24, 2.45) is 0 Å². The molecular weight excluding hydrogens is 294 g/mol. The molecule has 0 atom stereocenters. The summed E-state index contributed by atoms with van der Waals surface area (Å²) < 4.78 is 16.2. The number of aryl methyl sites for hydroxylation is 3. The number of oxazole rings is 1. The Morgan fingerprint density at radius 2 is 1.96 bits per heavy atom. The van der Waals surface area contributed by atoms with Gasteiger partial charge in [0.2, 0.25) is 0 Å². The van der Waals surface area contributed by atoms with E-state index in [1.165, 1.54) is 0 Å². The number of aromatic nitrogens is 1. The number of esters is 1. The monoisotopic (exact) mass is 311 g/mol. The number of nitrogens with zero attached hydrogens (tertiary/aromatic N) is 1. The van der Waals surface area contributed by atoms with Gasteiger partial charge in [0.15, 0.2) is 18.1 Å². The van der Waals surface area contributed by atoms with E-state index in [0.29, 0.717) is 28.5 Å². The van der Waals surface area contributed by atoms with E-state index in [1.807, 2.05) is 32.0 Å². The van der Waals surface area contributed by atoms with Crippen LogP contribution in [0.15, 0.2) is 40.8 Å². The van der Waals surface area contributed by atoms with E-state index in [-0.39, 0.29) is 6.61 Å². The molecule has 0 fully saturated rings. The summed E-state index contributed by atoms with van der Waals surface area (Å²) in [5.74, 6) is 1.21. The summed E-state index contributed by atoms with van der Waals surface area (Å²) in [5.41, 5.74) is 3.37. The minimum Gasteiger partial charge on any atom is -0.482 e. The maximum atomic E-state index is 11.9. The average molecular weight is 311 g/mol. The highest BCUT2D eigenvalue weighted by Crippen LogP contribution is 2.22. The maximum absolute atomic E-state index is 11.9. The number of ether oxygens (including phenoxy) is 2. The second-order valence-electron chi connectivity index (χ2n) is 5.39. The van der Waals surface area contributed by atoms with Crippen molar-refractivity contribution < 1.29 is 18.7 Å². The zero-order valence-corrected chi connectivity index (χ0v) is 13.3. The summed E-state index contributed by atoms with van der Waals surface area (Å²) in [6, 6.07) is 10.9.